The van der Waals surface area contributed by atoms with Crippen molar-refractivity contribution in [2.24, 2.45) is 0 Å². The quantitative estimate of drug-likeness (QED) is 0.632. The van der Waals surface area contributed by atoms with Crippen LogP contribution in [-0.4, -0.2) is 60.4 Å². The Labute approximate surface area is 122 Å². The van der Waals surface area contributed by atoms with Crippen LogP contribution >= 0.6 is 0 Å². The van der Waals surface area contributed by atoms with Gasteiger partial charge >= 0.3 is 5.97 Å². The highest BCUT2D eigenvalue weighted by Crippen LogP contribution is 2.15. The van der Waals surface area contributed by atoms with E-state index < -0.39 is 11.5 Å². The highest BCUT2D eigenvalue weighted by atomic mass is 16.5. The van der Waals surface area contributed by atoms with E-state index in [0.29, 0.717) is 12.5 Å². The molecule has 0 amide bonds. The molecule has 0 aromatic rings. The molecule has 118 valence electrons. The largest absolute Gasteiger partial charge is 0.480 e. The zero-order chi connectivity index (χ0) is 15.0. The van der Waals surface area contributed by atoms with Crippen LogP contribution in [0.4, 0.5) is 0 Å². The second-order valence-corrected chi connectivity index (χ2v) is 6.00. The fraction of sp³-hybridized carbons (Fsp3) is 0.933. The molecule has 1 heterocycles. The lowest BCUT2D eigenvalue weighted by atomic mass is 9.94. The average molecular weight is 286 g/mol. The number of carbonyl (C=O) groups is 1. The highest BCUT2D eigenvalue weighted by Gasteiger charge is 2.31. The molecule has 5 heteroatoms. The van der Waals surface area contributed by atoms with E-state index in [9.17, 15) is 9.90 Å². The Kier molecular flexibility index (Phi) is 7.48. The van der Waals surface area contributed by atoms with E-state index in [1.165, 1.54) is 0 Å². The second-order valence-electron chi connectivity index (χ2n) is 6.00. The number of rotatable bonds is 9. The van der Waals surface area contributed by atoms with E-state index >= 15 is 0 Å². The van der Waals surface area contributed by atoms with Gasteiger partial charge in [0.25, 0.3) is 0 Å². The predicted molar refractivity (Wildman–Crippen MR) is 80.0 cm³/mol. The van der Waals surface area contributed by atoms with Crippen molar-refractivity contribution in [2.45, 2.75) is 58.1 Å². The van der Waals surface area contributed by atoms with E-state index in [1.54, 1.807) is 6.92 Å². The zero-order valence-electron chi connectivity index (χ0n) is 13.2. The van der Waals surface area contributed by atoms with Crippen LogP contribution in [0.15, 0.2) is 0 Å². The summed E-state index contributed by atoms with van der Waals surface area (Å²) >= 11 is 0. The number of carboxylic acid groups (broad SMARTS) is 1. The Morgan fingerprint density at radius 1 is 1.50 bits per heavy atom. The number of morpholine rings is 1. The Morgan fingerprint density at radius 2 is 2.25 bits per heavy atom. The molecule has 1 aliphatic heterocycles. The summed E-state index contributed by atoms with van der Waals surface area (Å²) in [7, 11) is 0. The van der Waals surface area contributed by atoms with Crippen LogP contribution in [0.25, 0.3) is 0 Å². The third-order valence-corrected chi connectivity index (χ3v) is 3.96. The maximum absolute atomic E-state index is 11.4. The maximum Gasteiger partial charge on any atom is 0.323 e. The molecule has 1 rings (SSSR count). The molecule has 20 heavy (non-hydrogen) atoms. The molecule has 1 fully saturated rings. The molecule has 2 N–H and O–H groups in total. The van der Waals surface area contributed by atoms with Gasteiger partial charge in [-0.3, -0.25) is 9.69 Å². The van der Waals surface area contributed by atoms with Gasteiger partial charge in [0.1, 0.15) is 5.54 Å². The van der Waals surface area contributed by atoms with Crippen molar-refractivity contribution in [1.29, 1.82) is 0 Å². The van der Waals surface area contributed by atoms with Crippen molar-refractivity contribution < 1.29 is 14.6 Å². The maximum atomic E-state index is 11.4. The minimum absolute atomic E-state index is 0.319. The lowest BCUT2D eigenvalue weighted by Gasteiger charge is -2.31. The average Bonchev–Trinajstić information content (AvgIpc) is 2.41. The Balaban J connectivity index is 2.24. The van der Waals surface area contributed by atoms with Crippen LogP contribution in [0.3, 0.4) is 0 Å². The lowest BCUT2D eigenvalue weighted by Crippen LogP contribution is -2.49. The molecule has 0 bridgehead atoms. The number of ether oxygens (including phenoxy) is 1. The van der Waals surface area contributed by atoms with Crippen molar-refractivity contribution in [2.75, 3.05) is 32.8 Å². The normalized spacial score (nSPS) is 23.4. The van der Waals surface area contributed by atoms with Crippen molar-refractivity contribution >= 4 is 5.97 Å². The van der Waals surface area contributed by atoms with E-state index in [2.05, 4.69) is 24.1 Å². The standard InChI is InChI=1S/C15H30N2O3/c1-4-8-16-15(3,14(18)19)7-5-6-9-17-10-11-20-13(2)12-17/h13,16H,4-12H2,1-3H3,(H,18,19). The first-order valence-corrected chi connectivity index (χ1v) is 7.80. The predicted octanol–water partition coefficient (Wildman–Crippen LogP) is 1.72. The van der Waals surface area contributed by atoms with Crippen molar-refractivity contribution in [3.63, 3.8) is 0 Å². The van der Waals surface area contributed by atoms with Gasteiger partial charge in [-0.1, -0.05) is 6.92 Å². The SMILES string of the molecule is CCCNC(C)(CCCCN1CCOC(C)C1)C(=O)O. The van der Waals surface area contributed by atoms with Crippen molar-refractivity contribution in [1.82, 2.24) is 10.2 Å². The number of unbranched alkanes of at least 4 members (excludes halogenated alkanes) is 1. The number of nitrogens with zero attached hydrogens (tertiary/aromatic N) is 1. The van der Waals surface area contributed by atoms with Gasteiger partial charge in [0.05, 0.1) is 12.7 Å². The van der Waals surface area contributed by atoms with Gasteiger partial charge in [0, 0.05) is 13.1 Å². The number of carboxylic acids is 1. The van der Waals surface area contributed by atoms with E-state index in [1.807, 2.05) is 0 Å². The topological polar surface area (TPSA) is 61.8 Å². The summed E-state index contributed by atoms with van der Waals surface area (Å²) in [6, 6.07) is 0. The van der Waals surface area contributed by atoms with Gasteiger partial charge in [-0.25, -0.2) is 0 Å². The monoisotopic (exact) mass is 286 g/mol. The fourth-order valence-corrected chi connectivity index (χ4v) is 2.58. The molecular formula is C15H30N2O3. The van der Waals surface area contributed by atoms with Crippen LogP contribution in [0.1, 0.15) is 46.5 Å². The van der Waals surface area contributed by atoms with Gasteiger partial charge < -0.3 is 15.2 Å². The van der Waals surface area contributed by atoms with Crippen LogP contribution in [0, 0.1) is 0 Å². The van der Waals surface area contributed by atoms with Gasteiger partial charge in [-0.05, 0) is 52.6 Å². The number of nitrogens with one attached hydrogen (secondary N) is 1. The number of aliphatic carboxylic acids is 1. The lowest BCUT2D eigenvalue weighted by molar-refractivity contribution is -0.144. The van der Waals surface area contributed by atoms with Crippen LogP contribution in [-0.2, 0) is 9.53 Å². The first-order valence-electron chi connectivity index (χ1n) is 7.80. The summed E-state index contributed by atoms with van der Waals surface area (Å²) < 4.78 is 5.51. The van der Waals surface area contributed by atoms with Crippen LogP contribution in [0.2, 0.25) is 0 Å². The Morgan fingerprint density at radius 3 is 2.85 bits per heavy atom. The molecule has 0 aliphatic carbocycles. The molecular weight excluding hydrogens is 256 g/mol. The summed E-state index contributed by atoms with van der Waals surface area (Å²) in [6.45, 7) is 10.5. The minimum Gasteiger partial charge on any atom is -0.480 e. The molecule has 0 aromatic carbocycles. The number of hydrogen-bond acceptors (Lipinski definition) is 4. The van der Waals surface area contributed by atoms with E-state index in [4.69, 9.17) is 4.74 Å². The van der Waals surface area contributed by atoms with E-state index in [0.717, 1.165) is 52.0 Å². The summed E-state index contributed by atoms with van der Waals surface area (Å²) in [5.41, 5.74) is -0.783. The fourth-order valence-electron chi connectivity index (χ4n) is 2.58. The van der Waals surface area contributed by atoms with Crippen molar-refractivity contribution in [3.05, 3.63) is 0 Å². The first kappa shape index (κ1) is 17.4. The molecule has 2 unspecified atom stereocenters. The molecule has 0 aromatic heterocycles. The van der Waals surface area contributed by atoms with Gasteiger partial charge in [-0.2, -0.15) is 0 Å². The molecule has 1 aliphatic rings. The highest BCUT2D eigenvalue weighted by molar-refractivity contribution is 5.78. The third-order valence-electron chi connectivity index (χ3n) is 3.96. The molecule has 0 spiro atoms. The Hall–Kier alpha value is -0.650. The van der Waals surface area contributed by atoms with Crippen molar-refractivity contribution in [3.8, 4) is 0 Å². The van der Waals surface area contributed by atoms with Crippen LogP contribution in [0.5, 0.6) is 0 Å². The molecule has 0 radical (unpaired) electrons. The summed E-state index contributed by atoms with van der Waals surface area (Å²) in [5, 5.41) is 12.5. The summed E-state index contributed by atoms with van der Waals surface area (Å²) in [5.74, 6) is -0.744. The van der Waals surface area contributed by atoms with Gasteiger partial charge in [0.2, 0.25) is 0 Å². The summed E-state index contributed by atoms with van der Waals surface area (Å²) in [6.07, 6.45) is 3.94. The minimum atomic E-state index is -0.783. The second kappa shape index (κ2) is 8.60. The third kappa shape index (κ3) is 5.77. The molecule has 2 atom stereocenters. The molecule has 1 saturated heterocycles. The molecule has 0 saturated carbocycles. The smallest absolute Gasteiger partial charge is 0.323 e. The number of hydrogen-bond donors (Lipinski definition) is 2. The molecule has 5 nitrogen and oxygen atoms in total. The van der Waals surface area contributed by atoms with Gasteiger partial charge in [-0.15, -0.1) is 0 Å². The zero-order valence-corrected chi connectivity index (χ0v) is 13.2. The first-order chi connectivity index (χ1) is 9.48. The van der Waals surface area contributed by atoms with Gasteiger partial charge in [0.15, 0.2) is 0 Å². The van der Waals surface area contributed by atoms with Crippen LogP contribution < -0.4 is 5.32 Å². The summed E-state index contributed by atoms with van der Waals surface area (Å²) in [4.78, 5) is 13.8. The Bertz CT molecular complexity index is 299. The van der Waals surface area contributed by atoms with E-state index in [-0.39, 0.29) is 0 Å².